The second-order valence-electron chi connectivity index (χ2n) is 7.16. The van der Waals surface area contributed by atoms with Gasteiger partial charge in [-0.3, -0.25) is 4.79 Å². The molecule has 1 amide bonds. The number of carbonyl (C=O) groups is 1. The normalized spacial score (nSPS) is 14.3. The van der Waals surface area contributed by atoms with Gasteiger partial charge in [0.2, 0.25) is 10.0 Å². The van der Waals surface area contributed by atoms with Gasteiger partial charge in [0.1, 0.15) is 16.5 Å². The van der Waals surface area contributed by atoms with Crippen molar-refractivity contribution in [2.75, 3.05) is 50.7 Å². The lowest BCUT2D eigenvalue weighted by molar-refractivity contribution is 0.102. The van der Waals surface area contributed by atoms with Crippen molar-refractivity contribution in [3.8, 4) is 5.75 Å². The van der Waals surface area contributed by atoms with E-state index in [0.29, 0.717) is 5.69 Å². The molecule has 10 heteroatoms. The van der Waals surface area contributed by atoms with Crippen molar-refractivity contribution in [3.05, 3.63) is 42.1 Å². The van der Waals surface area contributed by atoms with Gasteiger partial charge in [-0.15, -0.1) is 0 Å². The second-order valence-corrected chi connectivity index (χ2v) is 8.90. The highest BCUT2D eigenvalue weighted by Crippen LogP contribution is 2.25. The molecule has 1 saturated heterocycles. The zero-order valence-electron chi connectivity index (χ0n) is 17.8. The molecule has 2 N–H and O–H groups in total. The van der Waals surface area contributed by atoms with Crippen LogP contribution in [0.1, 0.15) is 29.6 Å². The molecule has 2 heterocycles. The molecule has 0 unspecified atom stereocenters. The molecule has 1 aliphatic heterocycles. The molecule has 0 bridgehead atoms. The number of rotatable bonds is 9. The number of hydrogen-bond donors (Lipinski definition) is 2. The Labute approximate surface area is 182 Å². The number of hydrogen-bond acceptors (Lipinski definition) is 7. The molecule has 9 nitrogen and oxygen atoms in total. The van der Waals surface area contributed by atoms with Crippen LogP contribution in [0.2, 0.25) is 0 Å². The van der Waals surface area contributed by atoms with Crippen LogP contribution in [0.5, 0.6) is 5.75 Å². The molecule has 1 aromatic heterocycles. The van der Waals surface area contributed by atoms with Crippen molar-refractivity contribution in [2.24, 2.45) is 0 Å². The summed E-state index contributed by atoms with van der Waals surface area (Å²) in [5, 5.41) is 2.76. The second kappa shape index (κ2) is 10.6. The number of amides is 1. The highest BCUT2D eigenvalue weighted by molar-refractivity contribution is 7.89. The Morgan fingerprint density at radius 1 is 1.13 bits per heavy atom. The number of sulfonamides is 1. The fourth-order valence-electron chi connectivity index (χ4n) is 3.36. The van der Waals surface area contributed by atoms with Gasteiger partial charge >= 0.3 is 0 Å². The van der Waals surface area contributed by atoms with E-state index in [4.69, 9.17) is 9.47 Å². The van der Waals surface area contributed by atoms with Crippen LogP contribution < -0.4 is 19.7 Å². The minimum atomic E-state index is -3.88. The van der Waals surface area contributed by atoms with Crippen molar-refractivity contribution in [1.29, 1.82) is 0 Å². The van der Waals surface area contributed by atoms with Crippen LogP contribution in [-0.4, -0.2) is 59.8 Å². The van der Waals surface area contributed by atoms with Crippen molar-refractivity contribution < 1.29 is 22.7 Å². The molecular weight excluding hydrogens is 420 g/mol. The lowest BCUT2D eigenvalue weighted by Crippen LogP contribution is -2.30. The van der Waals surface area contributed by atoms with E-state index in [1.165, 1.54) is 38.8 Å². The maximum atomic E-state index is 12.7. The van der Waals surface area contributed by atoms with E-state index >= 15 is 0 Å². The third-order valence-corrected chi connectivity index (χ3v) is 6.48. The van der Waals surface area contributed by atoms with Gasteiger partial charge in [-0.25, -0.2) is 18.1 Å². The van der Waals surface area contributed by atoms with Gasteiger partial charge in [0.25, 0.3) is 5.91 Å². The lowest BCUT2D eigenvalue weighted by atomic mass is 10.1. The van der Waals surface area contributed by atoms with Gasteiger partial charge in [0.05, 0.1) is 25.6 Å². The highest BCUT2D eigenvalue weighted by Gasteiger charge is 2.21. The minimum absolute atomic E-state index is 0.105. The molecule has 1 fully saturated rings. The van der Waals surface area contributed by atoms with Crippen molar-refractivity contribution in [1.82, 2.24) is 9.71 Å². The maximum absolute atomic E-state index is 12.7. The first kappa shape index (κ1) is 23.0. The van der Waals surface area contributed by atoms with Gasteiger partial charge in [-0.2, -0.15) is 0 Å². The number of nitrogens with zero attached hydrogens (tertiary/aromatic N) is 2. The van der Waals surface area contributed by atoms with E-state index in [0.717, 1.165) is 31.7 Å². The molecule has 1 aliphatic rings. The quantitative estimate of drug-likeness (QED) is 0.566. The van der Waals surface area contributed by atoms with Crippen LogP contribution in [-0.2, 0) is 14.8 Å². The van der Waals surface area contributed by atoms with Crippen LogP contribution in [0.15, 0.2) is 41.4 Å². The molecule has 0 saturated carbocycles. The van der Waals surface area contributed by atoms with Crippen LogP contribution in [0.3, 0.4) is 0 Å². The Bertz CT molecular complexity index is 989. The minimum Gasteiger partial charge on any atom is -0.495 e. The number of benzene rings is 1. The lowest BCUT2D eigenvalue weighted by Gasteiger charge is -2.27. The molecule has 0 aliphatic carbocycles. The zero-order valence-corrected chi connectivity index (χ0v) is 18.6. The predicted molar refractivity (Wildman–Crippen MR) is 118 cm³/mol. The number of anilines is 2. The van der Waals surface area contributed by atoms with E-state index in [-0.39, 0.29) is 29.4 Å². The van der Waals surface area contributed by atoms with Crippen LogP contribution in [0.25, 0.3) is 0 Å². The van der Waals surface area contributed by atoms with Gasteiger partial charge in [-0.1, -0.05) is 0 Å². The Morgan fingerprint density at radius 2 is 1.90 bits per heavy atom. The summed E-state index contributed by atoms with van der Waals surface area (Å²) in [6.07, 6.45) is 5.16. The maximum Gasteiger partial charge on any atom is 0.255 e. The SMILES string of the molecule is COCCNS(=O)(=O)c1cc(C(=O)Nc2ccc(N3CCCCC3)nc2)ccc1OC. The predicted octanol–water partition coefficient (Wildman–Crippen LogP) is 2.26. The van der Waals surface area contributed by atoms with E-state index in [9.17, 15) is 13.2 Å². The first-order valence-electron chi connectivity index (χ1n) is 10.1. The zero-order chi connectivity index (χ0) is 22.3. The first-order valence-corrected chi connectivity index (χ1v) is 11.6. The molecule has 1 aromatic carbocycles. The van der Waals surface area contributed by atoms with E-state index in [2.05, 4.69) is 19.9 Å². The van der Waals surface area contributed by atoms with Crippen molar-refractivity contribution in [3.63, 3.8) is 0 Å². The topological polar surface area (TPSA) is 110 Å². The number of aromatic nitrogens is 1. The van der Waals surface area contributed by atoms with E-state index < -0.39 is 15.9 Å². The number of nitrogens with one attached hydrogen (secondary N) is 2. The smallest absolute Gasteiger partial charge is 0.255 e. The van der Waals surface area contributed by atoms with Crippen LogP contribution in [0.4, 0.5) is 11.5 Å². The summed E-state index contributed by atoms with van der Waals surface area (Å²) in [6, 6.07) is 7.93. The number of ether oxygens (including phenoxy) is 2. The summed E-state index contributed by atoms with van der Waals surface area (Å²) < 4.78 is 37.7. The molecule has 3 rings (SSSR count). The summed E-state index contributed by atoms with van der Waals surface area (Å²) in [5.74, 6) is 0.593. The van der Waals surface area contributed by atoms with E-state index in [1.807, 2.05) is 6.07 Å². The summed E-state index contributed by atoms with van der Waals surface area (Å²) in [6.45, 7) is 2.30. The van der Waals surface area contributed by atoms with Crippen molar-refractivity contribution >= 4 is 27.4 Å². The van der Waals surface area contributed by atoms with Gasteiger partial charge in [0, 0.05) is 32.3 Å². The monoisotopic (exact) mass is 448 g/mol. The molecule has 0 radical (unpaired) electrons. The third-order valence-electron chi connectivity index (χ3n) is 5.00. The molecule has 0 atom stereocenters. The summed E-state index contributed by atoms with van der Waals surface area (Å²) in [7, 11) is -1.02. The van der Waals surface area contributed by atoms with Crippen molar-refractivity contribution in [2.45, 2.75) is 24.2 Å². The average molecular weight is 449 g/mol. The number of pyridine rings is 1. The van der Waals surface area contributed by atoms with Gasteiger partial charge in [0.15, 0.2) is 0 Å². The Morgan fingerprint density at radius 3 is 2.55 bits per heavy atom. The molecule has 168 valence electrons. The Balaban J connectivity index is 1.74. The van der Waals surface area contributed by atoms with E-state index in [1.54, 1.807) is 12.3 Å². The Kier molecular flexibility index (Phi) is 7.83. The summed E-state index contributed by atoms with van der Waals surface area (Å²) in [4.78, 5) is 19.3. The third kappa shape index (κ3) is 5.93. The van der Waals surface area contributed by atoms with Crippen LogP contribution in [0, 0.1) is 0 Å². The molecule has 2 aromatic rings. The van der Waals surface area contributed by atoms with Crippen LogP contribution >= 0.6 is 0 Å². The molecule has 0 spiro atoms. The number of piperidine rings is 1. The molecular formula is C21H28N4O5S. The number of carbonyl (C=O) groups excluding carboxylic acids is 1. The van der Waals surface area contributed by atoms with Gasteiger partial charge < -0.3 is 19.7 Å². The number of methoxy groups -OCH3 is 2. The Hall–Kier alpha value is -2.69. The fraction of sp³-hybridized carbons (Fsp3) is 0.429. The van der Waals surface area contributed by atoms with Gasteiger partial charge in [-0.05, 0) is 49.6 Å². The largest absolute Gasteiger partial charge is 0.495 e. The summed E-state index contributed by atoms with van der Waals surface area (Å²) in [5.41, 5.74) is 0.720. The fourth-order valence-corrected chi connectivity index (χ4v) is 4.56. The first-order chi connectivity index (χ1) is 14.9. The molecule has 31 heavy (non-hydrogen) atoms. The average Bonchev–Trinajstić information content (AvgIpc) is 2.80. The highest BCUT2D eigenvalue weighted by atomic mass is 32.2. The standard InChI is InChI=1S/C21H28N4O5S/c1-29-13-10-23-31(27,28)19-14-16(6-8-18(19)30-2)21(26)24-17-7-9-20(22-15-17)25-11-4-3-5-12-25/h6-9,14-15,23H,3-5,10-13H2,1-2H3,(H,24,26). The summed E-state index contributed by atoms with van der Waals surface area (Å²) >= 11 is 0.